The second-order valence-corrected chi connectivity index (χ2v) is 6.81. The van der Waals surface area contributed by atoms with Gasteiger partial charge in [0, 0.05) is 19.2 Å². The number of urea groups is 1. The van der Waals surface area contributed by atoms with Gasteiger partial charge in [0.25, 0.3) is 0 Å². The number of nitrogens with zero attached hydrogens (tertiary/aromatic N) is 1. The second kappa shape index (κ2) is 8.68. The van der Waals surface area contributed by atoms with Gasteiger partial charge in [0.2, 0.25) is 0 Å². The van der Waals surface area contributed by atoms with E-state index >= 15 is 0 Å². The van der Waals surface area contributed by atoms with Gasteiger partial charge in [-0.25, -0.2) is 9.18 Å². The van der Waals surface area contributed by atoms with Crippen molar-refractivity contribution in [2.45, 2.75) is 37.8 Å². The second-order valence-electron chi connectivity index (χ2n) is 6.81. The van der Waals surface area contributed by atoms with Gasteiger partial charge in [-0.3, -0.25) is 0 Å². The topological polar surface area (TPSA) is 60.0 Å². The predicted octanol–water partition coefficient (Wildman–Crippen LogP) is 2.53. The number of carbonyl (C=O) groups is 1. The van der Waals surface area contributed by atoms with Crippen LogP contribution >= 0.6 is 0 Å². The zero-order valence-electron chi connectivity index (χ0n) is 15.4. The Morgan fingerprint density at radius 3 is 2.92 bits per heavy atom. The lowest BCUT2D eigenvalue weighted by Crippen LogP contribution is -2.54. The molecule has 1 unspecified atom stereocenters. The average molecular weight is 366 g/mol. The van der Waals surface area contributed by atoms with E-state index in [1.807, 2.05) is 13.0 Å². The number of amides is 2. The molecule has 0 spiro atoms. The minimum Gasteiger partial charge on any atom is -0.494 e. The minimum atomic E-state index is -0.342. The highest BCUT2D eigenvalue weighted by atomic mass is 19.1. The number of halogens is 1. The number of ether oxygens (including phenoxy) is 3. The van der Waals surface area contributed by atoms with Crippen LogP contribution in [0.25, 0.3) is 0 Å². The van der Waals surface area contributed by atoms with E-state index in [1.165, 1.54) is 13.2 Å². The molecule has 7 heteroatoms. The summed E-state index contributed by atoms with van der Waals surface area (Å²) >= 11 is 0. The van der Waals surface area contributed by atoms with Gasteiger partial charge in [-0.1, -0.05) is 6.07 Å². The van der Waals surface area contributed by atoms with E-state index in [4.69, 9.17) is 14.2 Å². The predicted molar refractivity (Wildman–Crippen MR) is 95.1 cm³/mol. The maximum Gasteiger partial charge on any atom is 0.317 e. The molecule has 1 N–H and O–H groups in total. The molecule has 0 aromatic heterocycles. The Kier molecular flexibility index (Phi) is 6.32. The third kappa shape index (κ3) is 4.45. The summed E-state index contributed by atoms with van der Waals surface area (Å²) in [5.74, 6) is 0.189. The van der Waals surface area contributed by atoms with Crippen LogP contribution in [0, 0.1) is 5.82 Å². The molecule has 1 aromatic carbocycles. The van der Waals surface area contributed by atoms with Gasteiger partial charge >= 0.3 is 6.03 Å². The summed E-state index contributed by atoms with van der Waals surface area (Å²) in [5, 5.41) is 3.07. The van der Waals surface area contributed by atoms with Gasteiger partial charge in [-0.05, 0) is 43.4 Å². The molecule has 26 heavy (non-hydrogen) atoms. The fourth-order valence-corrected chi connectivity index (χ4v) is 3.46. The van der Waals surface area contributed by atoms with Crippen LogP contribution < -0.4 is 10.1 Å². The van der Waals surface area contributed by atoms with Crippen LogP contribution in [-0.4, -0.2) is 63.1 Å². The molecule has 1 saturated carbocycles. The third-order valence-electron chi connectivity index (χ3n) is 5.05. The van der Waals surface area contributed by atoms with Gasteiger partial charge in [0.15, 0.2) is 11.6 Å². The Morgan fingerprint density at radius 2 is 2.23 bits per heavy atom. The Balaban J connectivity index is 1.45. The SMILES string of the molecule is CCOCC1CN(C(=O)NC2CC(c3ccc(OC)c(F)c3)C2)CCO1. The molecule has 1 aromatic rings. The third-order valence-corrected chi connectivity index (χ3v) is 5.05. The number of hydrogen-bond acceptors (Lipinski definition) is 4. The maximum absolute atomic E-state index is 13.8. The molecule has 1 heterocycles. The average Bonchev–Trinajstić information content (AvgIpc) is 2.62. The van der Waals surface area contributed by atoms with Gasteiger partial charge in [-0.2, -0.15) is 0 Å². The lowest BCUT2D eigenvalue weighted by atomic mass is 9.76. The van der Waals surface area contributed by atoms with E-state index < -0.39 is 0 Å². The maximum atomic E-state index is 13.8. The Labute approximate surface area is 153 Å². The van der Waals surface area contributed by atoms with Crippen molar-refractivity contribution in [3.63, 3.8) is 0 Å². The number of rotatable bonds is 6. The summed E-state index contributed by atoms with van der Waals surface area (Å²) in [6.07, 6.45) is 1.58. The lowest BCUT2D eigenvalue weighted by Gasteiger charge is -2.39. The highest BCUT2D eigenvalue weighted by molar-refractivity contribution is 5.74. The molecule has 1 saturated heterocycles. The molecule has 1 aliphatic heterocycles. The fourth-order valence-electron chi connectivity index (χ4n) is 3.46. The molecule has 6 nitrogen and oxygen atoms in total. The van der Waals surface area contributed by atoms with Gasteiger partial charge in [0.05, 0.1) is 33.0 Å². The van der Waals surface area contributed by atoms with Crippen LogP contribution in [0.4, 0.5) is 9.18 Å². The van der Waals surface area contributed by atoms with Crippen LogP contribution in [0.15, 0.2) is 18.2 Å². The normalized spacial score (nSPS) is 25.5. The van der Waals surface area contributed by atoms with Crippen LogP contribution in [0.2, 0.25) is 0 Å². The molecular weight excluding hydrogens is 339 g/mol. The molecule has 1 aliphatic carbocycles. The van der Waals surface area contributed by atoms with Crippen LogP contribution in [-0.2, 0) is 9.47 Å². The number of benzene rings is 1. The van der Waals surface area contributed by atoms with Crippen molar-refractivity contribution in [2.24, 2.45) is 0 Å². The van der Waals surface area contributed by atoms with Crippen molar-refractivity contribution >= 4 is 6.03 Å². The van der Waals surface area contributed by atoms with Crippen LogP contribution in [0.5, 0.6) is 5.75 Å². The molecule has 1 atom stereocenters. The van der Waals surface area contributed by atoms with Crippen molar-refractivity contribution in [3.8, 4) is 5.75 Å². The van der Waals surface area contributed by atoms with E-state index in [0.717, 1.165) is 18.4 Å². The van der Waals surface area contributed by atoms with E-state index in [0.29, 0.717) is 32.9 Å². The number of hydrogen-bond donors (Lipinski definition) is 1. The summed E-state index contributed by atoms with van der Waals surface area (Å²) in [6.45, 7) is 4.76. The molecule has 2 fully saturated rings. The first-order chi connectivity index (χ1) is 12.6. The molecule has 3 rings (SSSR count). The zero-order valence-corrected chi connectivity index (χ0v) is 15.4. The molecule has 2 aliphatic rings. The monoisotopic (exact) mass is 366 g/mol. The number of carbonyl (C=O) groups excluding carboxylic acids is 1. The van der Waals surface area contributed by atoms with E-state index in [1.54, 1.807) is 11.0 Å². The van der Waals surface area contributed by atoms with E-state index in [9.17, 15) is 9.18 Å². The van der Waals surface area contributed by atoms with E-state index in [2.05, 4.69) is 5.32 Å². The highest BCUT2D eigenvalue weighted by Gasteiger charge is 2.34. The summed E-state index contributed by atoms with van der Waals surface area (Å²) < 4.78 is 29.8. The van der Waals surface area contributed by atoms with Crippen LogP contribution in [0.1, 0.15) is 31.2 Å². The minimum absolute atomic E-state index is 0.0563. The van der Waals surface area contributed by atoms with Gasteiger partial charge in [-0.15, -0.1) is 0 Å². The Bertz CT molecular complexity index is 622. The number of morpholine rings is 1. The molecule has 0 radical (unpaired) electrons. The number of nitrogens with one attached hydrogen (secondary N) is 1. The van der Waals surface area contributed by atoms with Gasteiger partial charge < -0.3 is 24.4 Å². The molecular formula is C19H27FN2O4. The van der Waals surface area contributed by atoms with Crippen molar-refractivity contribution < 1.29 is 23.4 Å². The standard InChI is InChI=1S/C19H27FN2O4/c1-3-25-12-16-11-22(6-7-26-16)19(23)21-15-8-14(9-15)13-4-5-18(24-2)17(20)10-13/h4-5,10,14-16H,3,6-9,11-12H2,1-2H3,(H,21,23). The first kappa shape index (κ1) is 18.9. The fraction of sp³-hybridized carbons (Fsp3) is 0.632. The van der Waals surface area contributed by atoms with Crippen molar-refractivity contribution in [1.29, 1.82) is 0 Å². The summed E-state index contributed by atoms with van der Waals surface area (Å²) in [6, 6.07) is 5.15. The Morgan fingerprint density at radius 1 is 1.42 bits per heavy atom. The first-order valence-electron chi connectivity index (χ1n) is 9.19. The van der Waals surface area contributed by atoms with Crippen LogP contribution in [0.3, 0.4) is 0 Å². The number of methoxy groups -OCH3 is 1. The largest absolute Gasteiger partial charge is 0.494 e. The summed E-state index contributed by atoms with van der Waals surface area (Å²) in [5.41, 5.74) is 0.956. The summed E-state index contributed by atoms with van der Waals surface area (Å²) in [4.78, 5) is 14.2. The van der Waals surface area contributed by atoms with Crippen molar-refractivity contribution in [1.82, 2.24) is 10.2 Å². The smallest absolute Gasteiger partial charge is 0.317 e. The molecule has 144 valence electrons. The quantitative estimate of drug-likeness (QED) is 0.841. The molecule has 0 bridgehead atoms. The van der Waals surface area contributed by atoms with E-state index in [-0.39, 0.29) is 35.7 Å². The van der Waals surface area contributed by atoms with Crippen molar-refractivity contribution in [3.05, 3.63) is 29.6 Å². The molecule has 2 amide bonds. The summed E-state index contributed by atoms with van der Waals surface area (Å²) in [7, 11) is 1.46. The van der Waals surface area contributed by atoms with Crippen molar-refractivity contribution in [2.75, 3.05) is 40.0 Å². The highest BCUT2D eigenvalue weighted by Crippen LogP contribution is 2.38. The lowest BCUT2D eigenvalue weighted by molar-refractivity contribution is -0.0570. The zero-order chi connectivity index (χ0) is 18.5. The first-order valence-corrected chi connectivity index (χ1v) is 9.19. The Hall–Kier alpha value is -1.86. The van der Waals surface area contributed by atoms with Gasteiger partial charge in [0.1, 0.15) is 0 Å².